The molecular weight excluding hydrogens is 388 g/mol. The smallest absolute Gasteiger partial charge is 0.433 e. The van der Waals surface area contributed by atoms with Gasteiger partial charge in [0.2, 0.25) is 5.69 Å². The van der Waals surface area contributed by atoms with Crippen molar-refractivity contribution in [1.82, 2.24) is 0 Å². The van der Waals surface area contributed by atoms with Gasteiger partial charge in [-0.25, -0.2) is 4.79 Å². The molecule has 4 rings (SSSR count). The number of nitro benzene ring substituents is 1. The zero-order valence-electron chi connectivity index (χ0n) is 13.5. The van der Waals surface area contributed by atoms with Crippen LogP contribution in [0.15, 0.2) is 57.1 Å². The normalized spacial score (nSPS) is 14.5. The predicted molar refractivity (Wildman–Crippen MR) is 101 cm³/mol. The number of aromatic nitrogens is 1. The van der Waals surface area contributed by atoms with E-state index in [2.05, 4.69) is 0 Å². The van der Waals surface area contributed by atoms with Crippen LogP contribution in [0.25, 0.3) is 17.3 Å². The zero-order chi connectivity index (χ0) is 19.1. The lowest BCUT2D eigenvalue weighted by molar-refractivity contribution is -0.588. The first-order chi connectivity index (χ1) is 12.9. The molecule has 1 aromatic heterocycles. The second-order valence-electron chi connectivity index (χ2n) is 5.69. The van der Waals surface area contributed by atoms with Crippen molar-refractivity contribution >= 4 is 40.8 Å². The Kier molecular flexibility index (Phi) is 4.17. The third-order valence-corrected chi connectivity index (χ3v) is 6.11. The highest BCUT2D eigenvalue weighted by atomic mass is 32.2. The van der Waals surface area contributed by atoms with Gasteiger partial charge in [0.05, 0.1) is 15.9 Å². The number of nitrogens with zero attached hydrogens (tertiary/aromatic N) is 2. The third-order valence-electron chi connectivity index (χ3n) is 3.98. The first kappa shape index (κ1) is 17.3. The summed E-state index contributed by atoms with van der Waals surface area (Å²) in [5, 5.41) is 31.7. The maximum atomic E-state index is 12.8. The number of phenols is 2. The number of thioether (sulfide) groups is 1. The number of allylic oxidation sites excluding steroid dienone is 1. The number of hydrogen-bond acceptors (Lipinski definition) is 7. The number of thiazole rings is 1. The minimum absolute atomic E-state index is 0.00883. The molecule has 0 saturated carbocycles. The average Bonchev–Trinajstić information content (AvgIpc) is 3.19. The molecule has 0 bridgehead atoms. The number of non-ortho nitro benzene ring substituents is 1. The molecule has 0 aliphatic carbocycles. The molecule has 9 heteroatoms. The molecule has 2 N–H and O–H groups in total. The van der Waals surface area contributed by atoms with Gasteiger partial charge < -0.3 is 10.2 Å². The summed E-state index contributed by atoms with van der Waals surface area (Å²) in [6.45, 7) is 0. The summed E-state index contributed by atoms with van der Waals surface area (Å²) in [5.41, 5.74) is 1.91. The Hall–Kier alpha value is -3.17. The number of hydrogen-bond donors (Lipinski definition) is 2. The summed E-state index contributed by atoms with van der Waals surface area (Å²) in [4.78, 5) is 23.6. The molecule has 134 valence electrons. The van der Waals surface area contributed by atoms with Crippen molar-refractivity contribution < 1.29 is 24.5 Å². The molecule has 0 amide bonds. The van der Waals surface area contributed by atoms with Gasteiger partial charge in [0.15, 0.2) is 11.5 Å². The van der Waals surface area contributed by atoms with E-state index in [9.17, 15) is 25.1 Å². The monoisotopic (exact) mass is 399 g/mol. The molecule has 0 fully saturated rings. The van der Waals surface area contributed by atoms with Crippen molar-refractivity contribution in [3.63, 3.8) is 0 Å². The predicted octanol–water partition coefficient (Wildman–Crippen LogP) is 3.81. The Morgan fingerprint density at radius 1 is 1.07 bits per heavy atom. The molecule has 7 nitrogen and oxygen atoms in total. The topological polar surface area (TPSA) is 105 Å². The van der Waals surface area contributed by atoms with Crippen LogP contribution >= 0.6 is 23.1 Å². The second kappa shape index (κ2) is 6.53. The average molecular weight is 399 g/mol. The van der Waals surface area contributed by atoms with Crippen LogP contribution in [0, 0.1) is 10.1 Å². The quantitative estimate of drug-likeness (QED) is 0.228. The van der Waals surface area contributed by atoms with Gasteiger partial charge in [-0.15, -0.1) is 4.57 Å². The van der Waals surface area contributed by atoms with E-state index >= 15 is 0 Å². The van der Waals surface area contributed by atoms with E-state index in [4.69, 9.17) is 0 Å². The largest absolute Gasteiger partial charge is 0.504 e. The number of phenolic OH excluding ortho intramolecular Hbond substituents is 2. The maximum absolute atomic E-state index is 12.8. The van der Waals surface area contributed by atoms with Crippen LogP contribution in [0.4, 0.5) is 5.69 Å². The van der Waals surface area contributed by atoms with Gasteiger partial charge in [-0.3, -0.25) is 10.1 Å². The molecule has 0 unspecified atom stereocenters. The van der Waals surface area contributed by atoms with Gasteiger partial charge in [-0.2, -0.15) is 0 Å². The van der Waals surface area contributed by atoms with Crippen LogP contribution in [0.5, 0.6) is 11.5 Å². The van der Waals surface area contributed by atoms with Crippen LogP contribution in [0.1, 0.15) is 10.4 Å². The van der Waals surface area contributed by atoms with Crippen LogP contribution < -0.4 is 4.57 Å². The molecule has 2 aromatic carbocycles. The van der Waals surface area contributed by atoms with Crippen molar-refractivity contribution in [2.45, 2.75) is 4.34 Å². The molecule has 0 radical (unpaired) electrons. The van der Waals surface area contributed by atoms with Gasteiger partial charge in [-0.1, -0.05) is 11.3 Å². The Bertz CT molecular complexity index is 1120. The van der Waals surface area contributed by atoms with Crippen LogP contribution in [0.2, 0.25) is 0 Å². The Morgan fingerprint density at radius 3 is 2.48 bits per heavy atom. The zero-order valence-corrected chi connectivity index (χ0v) is 15.2. The summed E-state index contributed by atoms with van der Waals surface area (Å²) in [5.74, 6) is -0.694. The van der Waals surface area contributed by atoms with Crippen molar-refractivity contribution in [1.29, 1.82) is 0 Å². The molecule has 0 atom stereocenters. The molecule has 3 aromatic rings. The highest BCUT2D eigenvalue weighted by Gasteiger charge is 2.40. The number of aromatic hydroxyl groups is 2. The minimum Gasteiger partial charge on any atom is -0.504 e. The number of nitro groups is 1. The van der Waals surface area contributed by atoms with Crippen LogP contribution in [0.3, 0.4) is 0 Å². The Balaban J connectivity index is 1.68. The highest BCUT2D eigenvalue weighted by Crippen LogP contribution is 2.39. The molecule has 0 spiro atoms. The number of benzene rings is 2. The lowest BCUT2D eigenvalue weighted by Gasteiger charge is -1.99. The van der Waals surface area contributed by atoms with Gasteiger partial charge in [0.1, 0.15) is 4.91 Å². The number of fused-ring (bicyclic) bond motifs is 1. The SMILES string of the molecule is O=C1C(=Cc2ccc([N+](=O)[O-])cc2)Sc2scc(-c3ccc(O)c(O)c3)[n+]21. The summed E-state index contributed by atoms with van der Waals surface area (Å²) in [7, 11) is 0. The summed E-state index contributed by atoms with van der Waals surface area (Å²) in [6.07, 6.45) is 1.69. The molecule has 27 heavy (non-hydrogen) atoms. The molecule has 1 aliphatic heterocycles. The van der Waals surface area contributed by atoms with E-state index in [0.29, 0.717) is 21.7 Å². The van der Waals surface area contributed by atoms with Crippen LogP contribution in [-0.2, 0) is 0 Å². The van der Waals surface area contributed by atoms with Crippen molar-refractivity contribution in [2.24, 2.45) is 0 Å². The summed E-state index contributed by atoms with van der Waals surface area (Å²) < 4.78 is 2.33. The van der Waals surface area contributed by atoms with Gasteiger partial charge in [-0.05, 0) is 42.0 Å². The van der Waals surface area contributed by atoms with Crippen molar-refractivity contribution in [2.75, 3.05) is 0 Å². The first-order valence-corrected chi connectivity index (χ1v) is 9.38. The van der Waals surface area contributed by atoms with E-state index < -0.39 is 4.92 Å². The van der Waals surface area contributed by atoms with Gasteiger partial charge >= 0.3 is 10.2 Å². The lowest BCUT2D eigenvalue weighted by Crippen LogP contribution is -2.40. The summed E-state index contributed by atoms with van der Waals surface area (Å²) >= 11 is 2.72. The summed E-state index contributed by atoms with van der Waals surface area (Å²) in [6, 6.07) is 10.4. The molecule has 2 heterocycles. The standard InChI is InChI=1S/C18H10N2O5S2/c21-14-6-3-11(8-15(14)22)13-9-26-18-19(13)17(23)16(27-18)7-10-1-4-12(5-2-10)20(24)25/h1-9H,(H-,21,22)/p+1. The van der Waals surface area contributed by atoms with Crippen LogP contribution in [-0.4, -0.2) is 21.0 Å². The maximum Gasteiger partial charge on any atom is 0.433 e. The molecular formula is C18H11N2O5S2+. The number of rotatable bonds is 3. The molecule has 0 saturated heterocycles. The third kappa shape index (κ3) is 3.07. The Labute approximate surface area is 161 Å². The highest BCUT2D eigenvalue weighted by molar-refractivity contribution is 8.05. The minimum atomic E-state index is -0.473. The van der Waals surface area contributed by atoms with Gasteiger partial charge in [0.25, 0.3) is 5.69 Å². The second-order valence-corrected chi connectivity index (χ2v) is 7.84. The van der Waals surface area contributed by atoms with Crippen molar-refractivity contribution in [3.05, 3.63) is 68.4 Å². The van der Waals surface area contributed by atoms with Gasteiger partial charge in [0, 0.05) is 23.9 Å². The first-order valence-electron chi connectivity index (χ1n) is 7.68. The lowest BCUT2D eigenvalue weighted by atomic mass is 10.1. The molecule has 1 aliphatic rings. The van der Waals surface area contributed by atoms with E-state index in [1.807, 2.05) is 5.38 Å². The number of carbonyl (C=O) groups is 1. The van der Waals surface area contributed by atoms with E-state index in [0.717, 1.165) is 4.34 Å². The number of carbonyl (C=O) groups excluding carboxylic acids is 1. The fourth-order valence-electron chi connectivity index (χ4n) is 2.63. The van der Waals surface area contributed by atoms with E-state index in [-0.39, 0.29) is 23.1 Å². The fraction of sp³-hybridized carbons (Fsp3) is 0. The fourth-order valence-corrected chi connectivity index (χ4v) is 4.82. The Morgan fingerprint density at radius 2 is 1.81 bits per heavy atom. The van der Waals surface area contributed by atoms with Crippen molar-refractivity contribution in [3.8, 4) is 22.8 Å². The van der Waals surface area contributed by atoms with E-state index in [1.54, 1.807) is 28.8 Å². The van der Waals surface area contributed by atoms with E-state index in [1.165, 1.54) is 47.4 Å².